The Labute approximate surface area is 116 Å². The molecule has 1 aromatic carbocycles. The van der Waals surface area contributed by atoms with Crippen LogP contribution in [0.3, 0.4) is 0 Å². The Morgan fingerprint density at radius 1 is 1.32 bits per heavy atom. The molecule has 0 aromatic heterocycles. The average Bonchev–Trinajstić information content (AvgIpc) is 2.40. The highest BCUT2D eigenvalue weighted by molar-refractivity contribution is 5.93. The van der Waals surface area contributed by atoms with Crippen LogP contribution in [0.25, 0.3) is 0 Å². The van der Waals surface area contributed by atoms with E-state index in [1.807, 2.05) is 18.2 Å². The van der Waals surface area contributed by atoms with Crippen molar-refractivity contribution in [2.24, 2.45) is 0 Å². The van der Waals surface area contributed by atoms with E-state index < -0.39 is 0 Å². The molecule has 0 aliphatic heterocycles. The summed E-state index contributed by atoms with van der Waals surface area (Å²) in [5, 5.41) is 2.85. The molecule has 0 saturated carbocycles. The minimum absolute atomic E-state index is 0.00991. The fourth-order valence-corrected chi connectivity index (χ4v) is 2.20. The lowest BCUT2D eigenvalue weighted by Crippen LogP contribution is -2.33. The molecule has 19 heavy (non-hydrogen) atoms. The van der Waals surface area contributed by atoms with Crippen LogP contribution in [0, 0.1) is 0 Å². The third-order valence-electron chi connectivity index (χ3n) is 3.49. The van der Waals surface area contributed by atoms with Crippen molar-refractivity contribution < 1.29 is 4.79 Å². The van der Waals surface area contributed by atoms with Gasteiger partial charge in [0.15, 0.2) is 0 Å². The quantitative estimate of drug-likeness (QED) is 0.744. The summed E-state index contributed by atoms with van der Waals surface area (Å²) in [4.78, 5) is 14.1. The molecule has 0 radical (unpaired) electrons. The Balaban J connectivity index is 2.42. The molecule has 0 fully saturated rings. The molecule has 106 valence electrons. The second kappa shape index (κ2) is 7.79. The third-order valence-corrected chi connectivity index (χ3v) is 3.49. The summed E-state index contributed by atoms with van der Waals surface area (Å²) in [5.74, 6) is 0.00991. The number of nitrogens with zero attached hydrogens (tertiary/aromatic N) is 1. The molecule has 4 nitrogen and oxygen atoms in total. The maximum atomic E-state index is 11.9. The molecule has 0 spiro atoms. The van der Waals surface area contributed by atoms with Gasteiger partial charge in [-0.05, 0) is 32.0 Å². The molecule has 0 atom stereocenters. The van der Waals surface area contributed by atoms with E-state index in [2.05, 4.69) is 31.1 Å². The number of nitrogens with two attached hydrogens (primary N) is 1. The van der Waals surface area contributed by atoms with Gasteiger partial charge in [-0.3, -0.25) is 4.79 Å². The van der Waals surface area contributed by atoms with E-state index in [0.29, 0.717) is 23.8 Å². The van der Waals surface area contributed by atoms with E-state index in [1.165, 1.54) is 0 Å². The van der Waals surface area contributed by atoms with Crippen LogP contribution in [-0.4, -0.2) is 30.4 Å². The maximum absolute atomic E-state index is 11.9. The smallest absolute Gasteiger partial charge is 0.225 e. The number of benzene rings is 1. The van der Waals surface area contributed by atoms with E-state index in [0.717, 1.165) is 19.4 Å². The van der Waals surface area contributed by atoms with Crippen molar-refractivity contribution in [1.82, 2.24) is 4.90 Å². The van der Waals surface area contributed by atoms with Gasteiger partial charge in [-0.1, -0.05) is 26.0 Å². The number of carbonyl (C=O) groups excluding carboxylic acids is 1. The van der Waals surface area contributed by atoms with Crippen molar-refractivity contribution in [3.63, 3.8) is 0 Å². The van der Waals surface area contributed by atoms with Gasteiger partial charge in [-0.25, -0.2) is 0 Å². The zero-order valence-corrected chi connectivity index (χ0v) is 12.1. The summed E-state index contributed by atoms with van der Waals surface area (Å²) < 4.78 is 0. The minimum atomic E-state index is 0.00991. The third kappa shape index (κ3) is 4.91. The number of amides is 1. The molecule has 4 heteroatoms. The maximum Gasteiger partial charge on any atom is 0.225 e. The van der Waals surface area contributed by atoms with E-state index in [1.54, 1.807) is 6.07 Å². The van der Waals surface area contributed by atoms with Crippen LogP contribution in [0.2, 0.25) is 0 Å². The lowest BCUT2D eigenvalue weighted by molar-refractivity contribution is -0.116. The van der Waals surface area contributed by atoms with Crippen LogP contribution in [-0.2, 0) is 4.79 Å². The van der Waals surface area contributed by atoms with E-state index in [4.69, 9.17) is 5.73 Å². The molecule has 3 N–H and O–H groups in total. The lowest BCUT2D eigenvalue weighted by atomic mass is 10.1. The SMILES string of the molecule is CCC(CC)N(C)CCC(=O)Nc1ccccc1N. The number of rotatable bonds is 7. The van der Waals surface area contributed by atoms with Gasteiger partial charge in [0.1, 0.15) is 0 Å². The molecular weight excluding hydrogens is 238 g/mol. The summed E-state index contributed by atoms with van der Waals surface area (Å²) >= 11 is 0. The summed E-state index contributed by atoms with van der Waals surface area (Å²) in [5.41, 5.74) is 7.08. The van der Waals surface area contributed by atoms with Crippen molar-refractivity contribution in [2.75, 3.05) is 24.6 Å². The second-order valence-electron chi connectivity index (χ2n) is 4.84. The highest BCUT2D eigenvalue weighted by Gasteiger charge is 2.12. The molecule has 0 aliphatic rings. The first-order valence-electron chi connectivity index (χ1n) is 6.93. The fraction of sp³-hybridized carbons (Fsp3) is 0.533. The molecule has 0 heterocycles. The van der Waals surface area contributed by atoms with Gasteiger partial charge in [-0.2, -0.15) is 0 Å². The Kier molecular flexibility index (Phi) is 6.36. The van der Waals surface area contributed by atoms with Crippen molar-refractivity contribution in [1.29, 1.82) is 0 Å². The molecule has 1 amide bonds. The first kappa shape index (κ1) is 15.5. The van der Waals surface area contributed by atoms with Crippen molar-refractivity contribution in [3.8, 4) is 0 Å². The second-order valence-corrected chi connectivity index (χ2v) is 4.84. The number of hydrogen-bond donors (Lipinski definition) is 2. The monoisotopic (exact) mass is 263 g/mol. The van der Waals surface area contributed by atoms with Crippen LogP contribution < -0.4 is 11.1 Å². The first-order valence-corrected chi connectivity index (χ1v) is 6.93. The van der Waals surface area contributed by atoms with Crippen LogP contribution in [0.15, 0.2) is 24.3 Å². The topological polar surface area (TPSA) is 58.4 Å². The zero-order chi connectivity index (χ0) is 14.3. The highest BCUT2D eigenvalue weighted by Crippen LogP contribution is 2.17. The Hall–Kier alpha value is -1.55. The molecule has 1 aromatic rings. The largest absolute Gasteiger partial charge is 0.397 e. The Morgan fingerprint density at radius 2 is 1.95 bits per heavy atom. The Bertz CT molecular complexity index is 402. The normalized spacial score (nSPS) is 11.0. The van der Waals surface area contributed by atoms with Gasteiger partial charge in [0.25, 0.3) is 0 Å². The van der Waals surface area contributed by atoms with E-state index in [-0.39, 0.29) is 5.91 Å². The fourth-order valence-electron chi connectivity index (χ4n) is 2.20. The average molecular weight is 263 g/mol. The zero-order valence-electron chi connectivity index (χ0n) is 12.1. The summed E-state index contributed by atoms with van der Waals surface area (Å²) in [6, 6.07) is 7.87. The summed E-state index contributed by atoms with van der Waals surface area (Å²) in [6.07, 6.45) is 2.71. The number of nitrogen functional groups attached to an aromatic ring is 1. The van der Waals surface area contributed by atoms with Gasteiger partial charge >= 0.3 is 0 Å². The Morgan fingerprint density at radius 3 is 2.53 bits per heavy atom. The van der Waals surface area contributed by atoms with Crippen molar-refractivity contribution in [2.45, 2.75) is 39.2 Å². The molecular formula is C15H25N3O. The highest BCUT2D eigenvalue weighted by atomic mass is 16.1. The molecule has 0 saturated heterocycles. The predicted octanol–water partition coefficient (Wildman–Crippen LogP) is 2.72. The van der Waals surface area contributed by atoms with Gasteiger partial charge in [0.05, 0.1) is 11.4 Å². The van der Waals surface area contributed by atoms with E-state index >= 15 is 0 Å². The molecule has 0 aliphatic carbocycles. The van der Waals surface area contributed by atoms with Gasteiger partial charge in [0, 0.05) is 19.0 Å². The number of anilines is 2. The van der Waals surface area contributed by atoms with Crippen LogP contribution in [0.4, 0.5) is 11.4 Å². The number of para-hydroxylation sites is 2. The van der Waals surface area contributed by atoms with Gasteiger partial charge in [-0.15, -0.1) is 0 Å². The molecule has 0 unspecified atom stereocenters. The lowest BCUT2D eigenvalue weighted by Gasteiger charge is -2.25. The summed E-state index contributed by atoms with van der Waals surface area (Å²) in [7, 11) is 2.07. The minimum Gasteiger partial charge on any atom is -0.397 e. The van der Waals surface area contributed by atoms with Crippen molar-refractivity contribution >= 4 is 17.3 Å². The molecule has 0 bridgehead atoms. The number of carbonyl (C=O) groups is 1. The number of hydrogen-bond acceptors (Lipinski definition) is 3. The van der Waals surface area contributed by atoms with Crippen LogP contribution in [0.5, 0.6) is 0 Å². The summed E-state index contributed by atoms with van der Waals surface area (Å²) in [6.45, 7) is 5.12. The van der Waals surface area contributed by atoms with E-state index in [9.17, 15) is 4.79 Å². The van der Waals surface area contributed by atoms with Crippen LogP contribution in [0.1, 0.15) is 33.1 Å². The van der Waals surface area contributed by atoms with Crippen LogP contribution >= 0.6 is 0 Å². The number of nitrogens with one attached hydrogen (secondary N) is 1. The van der Waals surface area contributed by atoms with Gasteiger partial charge in [0.2, 0.25) is 5.91 Å². The first-order chi connectivity index (χ1) is 9.08. The standard InChI is InChI=1S/C15H25N3O/c1-4-12(5-2)18(3)11-10-15(19)17-14-9-7-6-8-13(14)16/h6-9,12H,4-5,10-11,16H2,1-3H3,(H,17,19). The van der Waals surface area contributed by atoms with Crippen molar-refractivity contribution in [3.05, 3.63) is 24.3 Å². The molecule has 1 rings (SSSR count). The van der Waals surface area contributed by atoms with Gasteiger partial charge < -0.3 is 16.0 Å². The predicted molar refractivity (Wildman–Crippen MR) is 81.1 cm³/mol.